The zero-order chi connectivity index (χ0) is 24.8. The molecule has 0 heterocycles. The zero-order valence-electron chi connectivity index (χ0n) is 18.5. The van der Waals surface area contributed by atoms with Crippen molar-refractivity contribution in [1.82, 2.24) is 10.2 Å². The van der Waals surface area contributed by atoms with Crippen LogP contribution >= 0.6 is 39.1 Å². The van der Waals surface area contributed by atoms with E-state index in [4.69, 9.17) is 23.2 Å². The Morgan fingerprint density at radius 2 is 1.79 bits per heavy atom. The highest BCUT2D eigenvalue weighted by atomic mass is 79.9. The molecule has 0 bridgehead atoms. The Morgan fingerprint density at radius 3 is 2.33 bits per heavy atom. The van der Waals surface area contributed by atoms with Gasteiger partial charge in [-0.15, -0.1) is 0 Å². The normalized spacial score (nSPS) is 12.2. The summed E-state index contributed by atoms with van der Waals surface area (Å²) in [5.41, 5.74) is 0.995. The topological polar surface area (TPSA) is 86.8 Å². The molecule has 0 spiro atoms. The van der Waals surface area contributed by atoms with Gasteiger partial charge in [0.2, 0.25) is 21.8 Å². The Labute approximate surface area is 213 Å². The summed E-state index contributed by atoms with van der Waals surface area (Å²) in [5, 5.41) is 3.43. The first kappa shape index (κ1) is 27.4. The molecule has 1 N–H and O–H groups in total. The number of nitrogens with one attached hydrogen (secondary N) is 1. The molecule has 2 aromatic rings. The van der Waals surface area contributed by atoms with Gasteiger partial charge in [-0.25, -0.2) is 8.42 Å². The van der Waals surface area contributed by atoms with Gasteiger partial charge in [-0.1, -0.05) is 58.2 Å². The van der Waals surface area contributed by atoms with Crippen LogP contribution in [0.3, 0.4) is 0 Å². The third kappa shape index (κ3) is 7.60. The van der Waals surface area contributed by atoms with E-state index in [-0.39, 0.29) is 12.5 Å². The fraction of sp³-hybridized carbons (Fsp3) is 0.364. The van der Waals surface area contributed by atoms with Gasteiger partial charge in [0.15, 0.2) is 0 Å². The van der Waals surface area contributed by atoms with E-state index in [0.717, 1.165) is 10.6 Å². The average molecular weight is 579 g/mol. The molecule has 2 amide bonds. The molecule has 33 heavy (non-hydrogen) atoms. The minimum atomic E-state index is -3.79. The quantitative estimate of drug-likeness (QED) is 0.451. The van der Waals surface area contributed by atoms with Crippen molar-refractivity contribution in [3.8, 4) is 0 Å². The Kier molecular flexibility index (Phi) is 10.0. The first-order valence-electron chi connectivity index (χ1n) is 10.2. The summed E-state index contributed by atoms with van der Waals surface area (Å²) in [5.74, 6) is -0.841. The summed E-state index contributed by atoms with van der Waals surface area (Å²) >= 11 is 15.5. The number of rotatable bonds is 10. The SMILES string of the molecule is CCNC(=O)C(CC)N(Cc1ccc(Cl)c(Cl)c1)C(=O)CN(c1cccc(Br)c1)S(C)(=O)=O. The van der Waals surface area contributed by atoms with E-state index in [1.807, 2.05) is 0 Å². The molecule has 0 aliphatic rings. The minimum Gasteiger partial charge on any atom is -0.355 e. The Hall–Kier alpha value is -1.81. The van der Waals surface area contributed by atoms with E-state index >= 15 is 0 Å². The van der Waals surface area contributed by atoms with Gasteiger partial charge >= 0.3 is 0 Å². The number of likely N-dealkylation sites (N-methyl/N-ethyl adjacent to an activating group) is 1. The molecule has 0 radical (unpaired) electrons. The van der Waals surface area contributed by atoms with Crippen molar-refractivity contribution in [3.05, 3.63) is 62.5 Å². The molecular formula is C22H26BrCl2N3O4S. The molecule has 2 rings (SSSR count). The predicted octanol–water partition coefficient (Wildman–Crippen LogP) is 4.47. The number of hydrogen-bond acceptors (Lipinski definition) is 4. The van der Waals surface area contributed by atoms with Crippen LogP contribution in [-0.2, 0) is 26.2 Å². The first-order valence-corrected chi connectivity index (χ1v) is 13.6. The second-order valence-corrected chi connectivity index (χ2v) is 11.0. The van der Waals surface area contributed by atoms with Crippen LogP contribution in [-0.4, -0.2) is 50.5 Å². The number of carbonyl (C=O) groups excluding carboxylic acids is 2. The van der Waals surface area contributed by atoms with Gasteiger partial charge in [0.25, 0.3) is 0 Å². The van der Waals surface area contributed by atoms with Crippen molar-refractivity contribution in [3.63, 3.8) is 0 Å². The molecule has 0 saturated carbocycles. The van der Waals surface area contributed by atoms with Gasteiger partial charge < -0.3 is 10.2 Å². The standard InChI is InChI=1S/C22H26BrCl2N3O4S/c1-4-20(22(30)26-5-2)27(13-15-9-10-18(24)19(25)11-15)21(29)14-28(33(3,31)32)17-8-6-7-16(23)12-17/h6-12,20H,4-5,13-14H2,1-3H3,(H,26,30). The molecule has 1 atom stereocenters. The van der Waals surface area contributed by atoms with Crippen molar-refractivity contribution in [2.24, 2.45) is 0 Å². The van der Waals surface area contributed by atoms with Gasteiger partial charge in [0, 0.05) is 17.6 Å². The lowest BCUT2D eigenvalue weighted by atomic mass is 10.1. The number of hydrogen-bond donors (Lipinski definition) is 1. The highest BCUT2D eigenvalue weighted by Gasteiger charge is 2.31. The van der Waals surface area contributed by atoms with Crippen molar-refractivity contribution < 1.29 is 18.0 Å². The monoisotopic (exact) mass is 577 g/mol. The largest absolute Gasteiger partial charge is 0.355 e. The van der Waals surface area contributed by atoms with Gasteiger partial charge in [0.1, 0.15) is 12.6 Å². The van der Waals surface area contributed by atoms with Crippen LogP contribution in [0.15, 0.2) is 46.9 Å². The highest BCUT2D eigenvalue weighted by molar-refractivity contribution is 9.10. The van der Waals surface area contributed by atoms with Crippen LogP contribution in [0, 0.1) is 0 Å². The lowest BCUT2D eigenvalue weighted by Crippen LogP contribution is -2.52. The second-order valence-electron chi connectivity index (χ2n) is 7.34. The van der Waals surface area contributed by atoms with E-state index in [1.54, 1.807) is 56.3 Å². The van der Waals surface area contributed by atoms with Crippen molar-refractivity contribution in [1.29, 1.82) is 0 Å². The maximum Gasteiger partial charge on any atom is 0.244 e. The fourth-order valence-electron chi connectivity index (χ4n) is 3.29. The average Bonchev–Trinajstić information content (AvgIpc) is 2.73. The third-order valence-electron chi connectivity index (χ3n) is 4.85. The van der Waals surface area contributed by atoms with Crippen molar-refractivity contribution in [2.45, 2.75) is 32.9 Å². The number of nitrogens with zero attached hydrogens (tertiary/aromatic N) is 2. The Balaban J connectivity index is 2.45. The number of amides is 2. The molecule has 1 unspecified atom stereocenters. The van der Waals surface area contributed by atoms with Crippen LogP contribution < -0.4 is 9.62 Å². The summed E-state index contributed by atoms with van der Waals surface area (Å²) in [6.07, 6.45) is 1.38. The van der Waals surface area contributed by atoms with Gasteiger partial charge in [0.05, 0.1) is 22.0 Å². The van der Waals surface area contributed by atoms with Crippen LogP contribution in [0.4, 0.5) is 5.69 Å². The van der Waals surface area contributed by atoms with Gasteiger partial charge in [-0.3, -0.25) is 13.9 Å². The molecule has 2 aromatic carbocycles. The lowest BCUT2D eigenvalue weighted by Gasteiger charge is -2.32. The molecule has 0 aromatic heterocycles. The molecule has 180 valence electrons. The summed E-state index contributed by atoms with van der Waals surface area (Å²) in [7, 11) is -3.79. The zero-order valence-corrected chi connectivity index (χ0v) is 22.4. The molecule has 11 heteroatoms. The smallest absolute Gasteiger partial charge is 0.244 e. The van der Waals surface area contributed by atoms with Gasteiger partial charge in [-0.2, -0.15) is 0 Å². The number of benzene rings is 2. The van der Waals surface area contributed by atoms with Crippen LogP contribution in [0.5, 0.6) is 0 Å². The highest BCUT2D eigenvalue weighted by Crippen LogP contribution is 2.25. The molecule has 0 aliphatic carbocycles. The Morgan fingerprint density at radius 1 is 1.09 bits per heavy atom. The number of anilines is 1. The fourth-order valence-corrected chi connectivity index (χ4v) is 4.84. The van der Waals surface area contributed by atoms with E-state index < -0.39 is 28.5 Å². The summed E-state index contributed by atoms with van der Waals surface area (Å²) in [6, 6.07) is 10.8. The van der Waals surface area contributed by atoms with Crippen LogP contribution in [0.25, 0.3) is 0 Å². The summed E-state index contributed by atoms with van der Waals surface area (Å²) in [4.78, 5) is 27.6. The van der Waals surface area contributed by atoms with Gasteiger partial charge in [-0.05, 0) is 49.2 Å². The molecule has 7 nitrogen and oxygen atoms in total. The summed E-state index contributed by atoms with van der Waals surface area (Å²) < 4.78 is 26.8. The molecule has 0 saturated heterocycles. The Bertz CT molecular complexity index is 1110. The van der Waals surface area contributed by atoms with E-state index in [2.05, 4.69) is 21.2 Å². The number of sulfonamides is 1. The van der Waals surface area contributed by atoms with E-state index in [1.165, 1.54) is 4.90 Å². The van der Waals surface area contributed by atoms with Crippen molar-refractivity contribution >= 4 is 66.7 Å². The van der Waals surface area contributed by atoms with Crippen LogP contribution in [0.1, 0.15) is 25.8 Å². The molecule has 0 aliphatic heterocycles. The molecular weight excluding hydrogens is 553 g/mol. The lowest BCUT2D eigenvalue weighted by molar-refractivity contribution is -0.140. The maximum absolute atomic E-state index is 13.5. The van der Waals surface area contributed by atoms with Crippen molar-refractivity contribution in [2.75, 3.05) is 23.7 Å². The van der Waals surface area contributed by atoms with E-state index in [0.29, 0.717) is 38.7 Å². The number of halogens is 3. The molecule has 0 fully saturated rings. The summed E-state index contributed by atoms with van der Waals surface area (Å²) in [6.45, 7) is 3.57. The van der Waals surface area contributed by atoms with Crippen LogP contribution in [0.2, 0.25) is 10.0 Å². The predicted molar refractivity (Wildman–Crippen MR) is 136 cm³/mol. The maximum atomic E-state index is 13.5. The second kappa shape index (κ2) is 12.1. The first-order chi connectivity index (χ1) is 15.5. The third-order valence-corrected chi connectivity index (χ3v) is 7.22. The van der Waals surface area contributed by atoms with E-state index in [9.17, 15) is 18.0 Å². The number of carbonyl (C=O) groups is 2. The minimum absolute atomic E-state index is 0.0570.